The monoisotopic (exact) mass is 283 g/mol. The fourth-order valence-electron chi connectivity index (χ4n) is 1.82. The van der Waals surface area contributed by atoms with Gasteiger partial charge in [0.2, 0.25) is 0 Å². The van der Waals surface area contributed by atoms with Crippen LogP contribution in [0.1, 0.15) is 18.2 Å². The molecule has 0 aliphatic heterocycles. The lowest BCUT2D eigenvalue weighted by Crippen LogP contribution is -2.01. The van der Waals surface area contributed by atoms with Gasteiger partial charge in [-0.05, 0) is 18.1 Å². The van der Waals surface area contributed by atoms with Gasteiger partial charge in [-0.15, -0.1) is 0 Å². The lowest BCUT2D eigenvalue weighted by molar-refractivity contribution is 0.746. The van der Waals surface area contributed by atoms with E-state index in [1.807, 2.05) is 25.4 Å². The number of anilines is 1. The molecule has 2 aromatic rings. The number of aromatic nitrogens is 2. The van der Waals surface area contributed by atoms with Gasteiger partial charge in [0.15, 0.2) is 0 Å². The molecule has 2 rings (SSSR count). The van der Waals surface area contributed by atoms with Gasteiger partial charge in [-0.25, -0.2) is 0 Å². The van der Waals surface area contributed by atoms with Crippen LogP contribution in [-0.4, -0.2) is 9.78 Å². The molecule has 1 heterocycles. The van der Waals surface area contributed by atoms with Crippen LogP contribution in [0.4, 0.5) is 5.69 Å². The highest BCUT2D eigenvalue weighted by molar-refractivity contribution is 6.42. The first-order chi connectivity index (χ1) is 8.61. The molecule has 3 nitrogen and oxygen atoms in total. The van der Waals surface area contributed by atoms with Crippen molar-refractivity contribution in [3.63, 3.8) is 0 Å². The van der Waals surface area contributed by atoms with Crippen molar-refractivity contribution in [2.45, 2.75) is 19.9 Å². The van der Waals surface area contributed by atoms with Crippen molar-refractivity contribution < 1.29 is 0 Å². The fraction of sp³-hybridized carbons (Fsp3) is 0.308. The number of nitrogens with one attached hydrogen (secondary N) is 1. The molecule has 5 heteroatoms. The van der Waals surface area contributed by atoms with Crippen LogP contribution >= 0.6 is 23.2 Å². The summed E-state index contributed by atoms with van der Waals surface area (Å²) in [4.78, 5) is 0. The third-order valence-electron chi connectivity index (χ3n) is 2.74. The van der Waals surface area contributed by atoms with Gasteiger partial charge in [-0.3, -0.25) is 4.68 Å². The number of benzene rings is 1. The predicted molar refractivity (Wildman–Crippen MR) is 76.4 cm³/mol. The van der Waals surface area contributed by atoms with E-state index in [0.717, 1.165) is 23.4 Å². The summed E-state index contributed by atoms with van der Waals surface area (Å²) in [5.41, 5.74) is 3.07. The summed E-state index contributed by atoms with van der Waals surface area (Å²) in [6.45, 7) is 2.72. The van der Waals surface area contributed by atoms with Gasteiger partial charge in [-0.1, -0.05) is 42.3 Å². The van der Waals surface area contributed by atoms with Crippen molar-refractivity contribution in [3.8, 4) is 0 Å². The van der Waals surface area contributed by atoms with E-state index in [0.29, 0.717) is 16.6 Å². The quantitative estimate of drug-likeness (QED) is 0.922. The van der Waals surface area contributed by atoms with Gasteiger partial charge in [0.05, 0.1) is 21.4 Å². The molecule has 0 bridgehead atoms. The second kappa shape index (κ2) is 5.63. The van der Waals surface area contributed by atoms with E-state index in [-0.39, 0.29) is 0 Å². The molecule has 96 valence electrons. The van der Waals surface area contributed by atoms with E-state index >= 15 is 0 Å². The summed E-state index contributed by atoms with van der Waals surface area (Å²) < 4.78 is 1.81. The molecule has 0 aliphatic rings. The van der Waals surface area contributed by atoms with Crippen LogP contribution in [-0.2, 0) is 20.0 Å². The highest BCUT2D eigenvalue weighted by Crippen LogP contribution is 2.26. The molecule has 0 unspecified atom stereocenters. The lowest BCUT2D eigenvalue weighted by Gasteiger charge is -2.08. The Hall–Kier alpha value is -1.19. The highest BCUT2D eigenvalue weighted by atomic mass is 35.5. The zero-order valence-electron chi connectivity index (χ0n) is 10.4. The minimum absolute atomic E-state index is 0.581. The van der Waals surface area contributed by atoms with Crippen molar-refractivity contribution in [2.24, 2.45) is 7.05 Å². The molecule has 1 N–H and O–H groups in total. The van der Waals surface area contributed by atoms with Gasteiger partial charge in [-0.2, -0.15) is 5.10 Å². The smallest absolute Gasteiger partial charge is 0.0853 e. The van der Waals surface area contributed by atoms with Crippen LogP contribution in [0.3, 0.4) is 0 Å². The van der Waals surface area contributed by atoms with Gasteiger partial charge in [0.1, 0.15) is 0 Å². The number of nitrogens with zero attached hydrogens (tertiary/aromatic N) is 2. The molecule has 0 saturated carbocycles. The minimum atomic E-state index is 0.581. The second-order valence-corrected chi connectivity index (χ2v) is 4.87. The molecule has 0 radical (unpaired) electrons. The Balaban J connectivity index is 2.13. The Kier molecular flexibility index (Phi) is 4.15. The molecule has 1 aromatic heterocycles. The topological polar surface area (TPSA) is 29.9 Å². The number of hydrogen-bond donors (Lipinski definition) is 1. The molecule has 0 atom stereocenters. The van der Waals surface area contributed by atoms with Crippen LogP contribution in [0, 0.1) is 0 Å². The molecule has 1 aromatic carbocycles. The van der Waals surface area contributed by atoms with Crippen LogP contribution < -0.4 is 5.32 Å². The second-order valence-electron chi connectivity index (χ2n) is 4.08. The first-order valence-electron chi connectivity index (χ1n) is 5.81. The predicted octanol–water partition coefficient (Wildman–Crippen LogP) is 3.90. The molecular weight excluding hydrogens is 269 g/mol. The molecular formula is C13H15Cl2N3. The van der Waals surface area contributed by atoms with Crippen LogP contribution in [0.25, 0.3) is 0 Å². The van der Waals surface area contributed by atoms with Crippen LogP contribution in [0.15, 0.2) is 24.4 Å². The standard InChI is InChI=1S/C13H15Cl2N3/c1-3-11-12(8-18(2)17-11)16-7-9-5-4-6-10(14)13(9)15/h4-6,8,16H,3,7H2,1-2H3. The first-order valence-corrected chi connectivity index (χ1v) is 6.56. The maximum absolute atomic E-state index is 6.15. The fourth-order valence-corrected chi connectivity index (χ4v) is 2.21. The van der Waals surface area contributed by atoms with Crippen LogP contribution in [0.2, 0.25) is 10.0 Å². The summed E-state index contributed by atoms with van der Waals surface area (Å²) in [6.07, 6.45) is 2.86. The maximum Gasteiger partial charge on any atom is 0.0853 e. The Labute approximate surface area is 117 Å². The van der Waals surface area contributed by atoms with Crippen molar-refractivity contribution in [1.29, 1.82) is 0 Å². The summed E-state index contributed by atoms with van der Waals surface area (Å²) in [6, 6.07) is 5.65. The zero-order chi connectivity index (χ0) is 13.1. The number of hydrogen-bond acceptors (Lipinski definition) is 2. The number of aryl methyl sites for hydroxylation is 2. The maximum atomic E-state index is 6.15. The van der Waals surface area contributed by atoms with Crippen molar-refractivity contribution in [2.75, 3.05) is 5.32 Å². The third kappa shape index (κ3) is 2.79. The summed E-state index contributed by atoms with van der Waals surface area (Å²) in [7, 11) is 1.91. The van der Waals surface area contributed by atoms with Gasteiger partial charge < -0.3 is 5.32 Å². The SMILES string of the molecule is CCc1nn(C)cc1NCc1cccc(Cl)c1Cl. The van der Waals surface area contributed by atoms with Crippen molar-refractivity contribution in [3.05, 3.63) is 45.7 Å². The van der Waals surface area contributed by atoms with Crippen molar-refractivity contribution >= 4 is 28.9 Å². The van der Waals surface area contributed by atoms with E-state index in [1.165, 1.54) is 0 Å². The van der Waals surface area contributed by atoms with Crippen LogP contribution in [0.5, 0.6) is 0 Å². The Morgan fingerprint density at radius 3 is 2.83 bits per heavy atom. The third-order valence-corrected chi connectivity index (χ3v) is 3.60. The molecule has 0 fully saturated rings. The Morgan fingerprint density at radius 1 is 1.33 bits per heavy atom. The summed E-state index contributed by atoms with van der Waals surface area (Å²) in [5, 5.41) is 8.91. The van der Waals surface area contributed by atoms with Crippen molar-refractivity contribution in [1.82, 2.24) is 9.78 Å². The lowest BCUT2D eigenvalue weighted by atomic mass is 10.2. The molecule has 0 amide bonds. The Bertz CT molecular complexity index is 549. The average molecular weight is 284 g/mol. The Morgan fingerprint density at radius 2 is 2.11 bits per heavy atom. The molecule has 0 spiro atoms. The molecule has 0 saturated heterocycles. The molecule has 0 aliphatic carbocycles. The van der Waals surface area contributed by atoms with E-state index in [9.17, 15) is 0 Å². The highest BCUT2D eigenvalue weighted by Gasteiger charge is 2.07. The summed E-state index contributed by atoms with van der Waals surface area (Å²) in [5.74, 6) is 0. The number of rotatable bonds is 4. The molecule has 18 heavy (non-hydrogen) atoms. The van der Waals surface area contributed by atoms with Gasteiger partial charge >= 0.3 is 0 Å². The average Bonchev–Trinajstić information content (AvgIpc) is 2.71. The first kappa shape index (κ1) is 13.2. The van der Waals surface area contributed by atoms with E-state index in [2.05, 4.69) is 17.3 Å². The van der Waals surface area contributed by atoms with E-state index < -0.39 is 0 Å². The minimum Gasteiger partial charge on any atom is -0.378 e. The van der Waals surface area contributed by atoms with E-state index in [1.54, 1.807) is 10.7 Å². The normalized spacial score (nSPS) is 10.7. The number of halogens is 2. The largest absolute Gasteiger partial charge is 0.378 e. The van der Waals surface area contributed by atoms with E-state index in [4.69, 9.17) is 23.2 Å². The zero-order valence-corrected chi connectivity index (χ0v) is 11.9. The summed E-state index contributed by atoms with van der Waals surface area (Å²) >= 11 is 12.1. The van der Waals surface area contributed by atoms with Gasteiger partial charge in [0.25, 0.3) is 0 Å². The van der Waals surface area contributed by atoms with Gasteiger partial charge in [0, 0.05) is 19.8 Å².